The van der Waals surface area contributed by atoms with Crippen LogP contribution in [0.25, 0.3) is 22.2 Å². The van der Waals surface area contributed by atoms with Crippen molar-refractivity contribution in [2.45, 2.75) is 19.4 Å². The highest BCUT2D eigenvalue weighted by Gasteiger charge is 2.29. The zero-order valence-electron chi connectivity index (χ0n) is 13.2. The van der Waals surface area contributed by atoms with E-state index < -0.39 is 0 Å². The van der Waals surface area contributed by atoms with Crippen molar-refractivity contribution in [1.82, 2.24) is 15.5 Å². The molecule has 25 heavy (non-hydrogen) atoms. The number of benzene rings is 1. The quantitative estimate of drug-likeness (QED) is 0.762. The molecule has 2 heterocycles. The summed E-state index contributed by atoms with van der Waals surface area (Å²) in [5.41, 5.74) is 1.26. The van der Waals surface area contributed by atoms with Crippen molar-refractivity contribution >= 4 is 17.2 Å². The van der Waals surface area contributed by atoms with Crippen LogP contribution in [-0.2, 0) is 11.3 Å². The molecule has 124 valence electrons. The smallest absolute Gasteiger partial charge is 0.258 e. The van der Waals surface area contributed by atoms with E-state index >= 15 is 0 Å². The number of nitrogens with zero attached hydrogens (tertiary/aromatic N) is 3. The van der Waals surface area contributed by atoms with Gasteiger partial charge in [-0.25, -0.2) is 0 Å². The predicted octanol–water partition coefficient (Wildman–Crippen LogP) is 3.36. The second-order valence-corrected chi connectivity index (χ2v) is 7.04. The fraction of sp³-hybridized carbons (Fsp3) is 0.222. The SMILES string of the molecule is N#Cc1cccc(-c2nc(-c3ccc(CNC(=O)C4CC4)s3)no2)c1. The summed E-state index contributed by atoms with van der Waals surface area (Å²) in [5, 5.41) is 15.9. The van der Waals surface area contributed by atoms with Crippen molar-refractivity contribution in [2.24, 2.45) is 5.92 Å². The van der Waals surface area contributed by atoms with E-state index in [0.717, 1.165) is 22.6 Å². The molecule has 1 saturated carbocycles. The maximum Gasteiger partial charge on any atom is 0.258 e. The monoisotopic (exact) mass is 350 g/mol. The lowest BCUT2D eigenvalue weighted by atomic mass is 10.1. The molecule has 1 aliphatic rings. The van der Waals surface area contributed by atoms with Gasteiger partial charge in [-0.15, -0.1) is 11.3 Å². The second-order valence-electron chi connectivity index (χ2n) is 5.87. The molecule has 7 heteroatoms. The molecule has 0 unspecified atom stereocenters. The van der Waals surface area contributed by atoms with E-state index in [0.29, 0.717) is 29.4 Å². The Labute approximate surface area is 148 Å². The van der Waals surface area contributed by atoms with Crippen molar-refractivity contribution in [1.29, 1.82) is 5.26 Å². The average Bonchev–Trinajstić information content (AvgIpc) is 3.19. The summed E-state index contributed by atoms with van der Waals surface area (Å²) in [6.45, 7) is 0.523. The molecular weight excluding hydrogens is 336 g/mol. The molecule has 0 bridgehead atoms. The summed E-state index contributed by atoms with van der Waals surface area (Å²) in [6, 6.07) is 13.0. The molecule has 2 aromatic heterocycles. The van der Waals surface area contributed by atoms with Crippen LogP contribution >= 0.6 is 11.3 Å². The van der Waals surface area contributed by atoms with Crippen LogP contribution < -0.4 is 5.32 Å². The van der Waals surface area contributed by atoms with Gasteiger partial charge in [-0.2, -0.15) is 10.2 Å². The molecule has 0 atom stereocenters. The van der Waals surface area contributed by atoms with Gasteiger partial charge in [-0.3, -0.25) is 4.79 Å². The molecule has 0 aliphatic heterocycles. The number of amides is 1. The first-order valence-corrected chi connectivity index (χ1v) is 8.75. The fourth-order valence-electron chi connectivity index (χ4n) is 2.42. The number of nitriles is 1. The molecule has 6 nitrogen and oxygen atoms in total. The highest BCUT2D eigenvalue weighted by molar-refractivity contribution is 7.15. The van der Waals surface area contributed by atoms with Gasteiger partial charge in [0.1, 0.15) is 0 Å². The maximum atomic E-state index is 11.7. The Kier molecular flexibility index (Phi) is 4.04. The van der Waals surface area contributed by atoms with E-state index in [1.807, 2.05) is 18.2 Å². The minimum atomic E-state index is 0.133. The number of carbonyl (C=O) groups excluding carboxylic acids is 1. The normalized spacial score (nSPS) is 13.4. The van der Waals surface area contributed by atoms with E-state index in [-0.39, 0.29) is 11.8 Å². The van der Waals surface area contributed by atoms with Crippen LogP contribution in [0.3, 0.4) is 0 Å². The molecule has 1 aliphatic carbocycles. The van der Waals surface area contributed by atoms with Gasteiger partial charge in [0.05, 0.1) is 23.1 Å². The van der Waals surface area contributed by atoms with Crippen LogP contribution in [0.4, 0.5) is 0 Å². The number of nitrogens with one attached hydrogen (secondary N) is 1. The van der Waals surface area contributed by atoms with Crippen LogP contribution in [0, 0.1) is 17.2 Å². The number of aromatic nitrogens is 2. The highest BCUT2D eigenvalue weighted by atomic mass is 32.1. The van der Waals surface area contributed by atoms with Gasteiger partial charge >= 0.3 is 0 Å². The van der Waals surface area contributed by atoms with Crippen LogP contribution in [-0.4, -0.2) is 16.0 Å². The Morgan fingerprint density at radius 3 is 3.04 bits per heavy atom. The maximum absolute atomic E-state index is 11.7. The standard InChI is InChI=1S/C18H14N4O2S/c19-9-11-2-1-3-13(8-11)18-21-16(22-24-18)15-7-6-14(25-15)10-20-17(23)12-4-5-12/h1-3,6-8,12H,4-5,10H2,(H,20,23). The summed E-state index contributed by atoms with van der Waals surface area (Å²) in [5.74, 6) is 1.23. The highest BCUT2D eigenvalue weighted by Crippen LogP contribution is 2.30. The average molecular weight is 350 g/mol. The summed E-state index contributed by atoms with van der Waals surface area (Å²) >= 11 is 1.52. The van der Waals surface area contributed by atoms with Crippen molar-refractivity contribution in [3.05, 3.63) is 46.8 Å². The molecular formula is C18H14N4O2S. The van der Waals surface area contributed by atoms with Crippen LogP contribution in [0.1, 0.15) is 23.3 Å². The number of hydrogen-bond donors (Lipinski definition) is 1. The van der Waals surface area contributed by atoms with Gasteiger partial charge in [-0.05, 0) is 43.2 Å². The zero-order chi connectivity index (χ0) is 17.2. The Morgan fingerprint density at radius 2 is 2.24 bits per heavy atom. The van der Waals surface area contributed by atoms with Gasteiger partial charge < -0.3 is 9.84 Å². The molecule has 1 fully saturated rings. The summed E-state index contributed by atoms with van der Waals surface area (Å²) in [7, 11) is 0. The molecule has 0 saturated heterocycles. The zero-order valence-corrected chi connectivity index (χ0v) is 14.0. The van der Waals surface area contributed by atoms with Crippen LogP contribution in [0.15, 0.2) is 40.9 Å². The second kappa shape index (κ2) is 6.49. The Morgan fingerprint density at radius 1 is 1.36 bits per heavy atom. The molecule has 4 rings (SSSR count). The summed E-state index contributed by atoms with van der Waals surface area (Å²) in [4.78, 5) is 18.0. The van der Waals surface area contributed by atoms with Gasteiger partial charge in [0, 0.05) is 16.4 Å². The number of carbonyl (C=O) groups is 1. The van der Waals surface area contributed by atoms with Crippen molar-refractivity contribution in [2.75, 3.05) is 0 Å². The van der Waals surface area contributed by atoms with E-state index in [4.69, 9.17) is 9.78 Å². The minimum absolute atomic E-state index is 0.133. The van der Waals surface area contributed by atoms with Crippen molar-refractivity contribution < 1.29 is 9.32 Å². The lowest BCUT2D eigenvalue weighted by Gasteiger charge is -2.00. The third kappa shape index (κ3) is 3.44. The van der Waals surface area contributed by atoms with Crippen LogP contribution in [0.2, 0.25) is 0 Å². The molecule has 1 amide bonds. The first-order valence-electron chi connectivity index (χ1n) is 7.94. The minimum Gasteiger partial charge on any atom is -0.351 e. The van der Waals surface area contributed by atoms with E-state index in [1.54, 1.807) is 18.2 Å². The molecule has 3 aromatic rings. The van der Waals surface area contributed by atoms with Crippen molar-refractivity contribution in [3.63, 3.8) is 0 Å². The number of thiophene rings is 1. The molecule has 1 N–H and O–H groups in total. The van der Waals surface area contributed by atoms with Gasteiger partial charge in [0.25, 0.3) is 5.89 Å². The largest absolute Gasteiger partial charge is 0.351 e. The molecule has 0 radical (unpaired) electrons. The predicted molar refractivity (Wildman–Crippen MR) is 92.3 cm³/mol. The van der Waals surface area contributed by atoms with Crippen molar-refractivity contribution in [3.8, 4) is 28.2 Å². The summed E-state index contributed by atoms with van der Waals surface area (Å²) in [6.07, 6.45) is 2.00. The lowest BCUT2D eigenvalue weighted by molar-refractivity contribution is -0.122. The third-order valence-corrected chi connectivity index (χ3v) is 5.01. The van der Waals surface area contributed by atoms with E-state index in [2.05, 4.69) is 21.5 Å². The third-order valence-electron chi connectivity index (χ3n) is 3.93. The fourth-order valence-corrected chi connectivity index (χ4v) is 3.29. The number of hydrogen-bond acceptors (Lipinski definition) is 6. The summed E-state index contributed by atoms with van der Waals surface area (Å²) < 4.78 is 5.32. The first kappa shape index (κ1) is 15.5. The number of rotatable bonds is 5. The Balaban J connectivity index is 1.48. The van der Waals surface area contributed by atoms with Gasteiger partial charge in [0.2, 0.25) is 11.7 Å². The Hall–Kier alpha value is -2.98. The topological polar surface area (TPSA) is 91.8 Å². The lowest BCUT2D eigenvalue weighted by Crippen LogP contribution is -2.23. The van der Waals surface area contributed by atoms with Crippen LogP contribution in [0.5, 0.6) is 0 Å². The molecule has 1 aromatic carbocycles. The van der Waals surface area contributed by atoms with Gasteiger partial charge in [0.15, 0.2) is 0 Å². The van der Waals surface area contributed by atoms with E-state index in [1.165, 1.54) is 11.3 Å². The Bertz CT molecular complexity index is 965. The first-order chi connectivity index (χ1) is 12.2. The van der Waals surface area contributed by atoms with E-state index in [9.17, 15) is 4.79 Å². The van der Waals surface area contributed by atoms with Gasteiger partial charge in [-0.1, -0.05) is 11.2 Å². The molecule has 0 spiro atoms.